The number of thiophene rings is 1. The van der Waals surface area contributed by atoms with E-state index in [9.17, 15) is 4.79 Å². The first-order chi connectivity index (χ1) is 8.78. The number of aliphatic hydroxyl groups is 1. The molecule has 2 aromatic heterocycles. The Morgan fingerprint density at radius 3 is 2.78 bits per heavy atom. The van der Waals surface area contributed by atoms with Gasteiger partial charge in [-0.05, 0) is 24.3 Å². The molecule has 0 radical (unpaired) electrons. The van der Waals surface area contributed by atoms with Gasteiger partial charge in [0, 0.05) is 10.3 Å². The monoisotopic (exact) mass is 258 g/mol. The molecule has 1 aromatic carbocycles. The molecule has 0 amide bonds. The molecule has 0 fully saturated rings. The predicted octanol–water partition coefficient (Wildman–Crippen LogP) is 3.22. The molecule has 18 heavy (non-hydrogen) atoms. The Bertz CT molecular complexity index is 675. The second-order valence-electron chi connectivity index (χ2n) is 3.90. The molecule has 0 aliphatic rings. The molecule has 1 N–H and O–H groups in total. The molecule has 0 saturated carbocycles. The molecule has 3 nitrogen and oxygen atoms in total. The minimum Gasteiger partial charge on any atom is -0.453 e. The second-order valence-corrected chi connectivity index (χ2v) is 5.07. The van der Waals surface area contributed by atoms with Crippen LogP contribution in [0.4, 0.5) is 0 Å². The predicted molar refractivity (Wildman–Crippen MR) is 69.9 cm³/mol. The third kappa shape index (κ3) is 1.85. The van der Waals surface area contributed by atoms with Crippen molar-refractivity contribution in [2.45, 2.75) is 6.61 Å². The Hall–Kier alpha value is -1.91. The summed E-state index contributed by atoms with van der Waals surface area (Å²) in [7, 11) is 0. The van der Waals surface area contributed by atoms with Crippen LogP contribution in [0, 0.1) is 0 Å². The van der Waals surface area contributed by atoms with Gasteiger partial charge in [-0.2, -0.15) is 0 Å². The average Bonchev–Trinajstić information content (AvgIpc) is 3.04. The number of carbonyl (C=O) groups is 1. The highest BCUT2D eigenvalue weighted by Gasteiger charge is 2.16. The number of fused-ring (bicyclic) bond motifs is 1. The molecule has 0 saturated heterocycles. The molecule has 0 aliphatic heterocycles. The fourth-order valence-corrected chi connectivity index (χ4v) is 2.61. The number of furan rings is 1. The lowest BCUT2D eigenvalue weighted by Crippen LogP contribution is -1.95. The SMILES string of the molecule is O=C(c1cc2ccccc2o1)c1ccc(CO)s1. The fourth-order valence-electron chi connectivity index (χ4n) is 1.80. The number of hydrogen-bond acceptors (Lipinski definition) is 4. The van der Waals surface area contributed by atoms with E-state index in [2.05, 4.69) is 0 Å². The van der Waals surface area contributed by atoms with Crippen molar-refractivity contribution in [2.24, 2.45) is 0 Å². The molecule has 3 rings (SSSR count). The zero-order valence-electron chi connectivity index (χ0n) is 9.42. The molecular weight excluding hydrogens is 248 g/mol. The van der Waals surface area contributed by atoms with Crippen LogP contribution < -0.4 is 0 Å². The van der Waals surface area contributed by atoms with Gasteiger partial charge in [-0.1, -0.05) is 18.2 Å². The van der Waals surface area contributed by atoms with E-state index in [1.54, 1.807) is 18.2 Å². The summed E-state index contributed by atoms with van der Waals surface area (Å²) in [5, 5.41) is 9.91. The van der Waals surface area contributed by atoms with E-state index in [1.807, 2.05) is 24.3 Å². The molecule has 0 spiro atoms. The Morgan fingerprint density at radius 2 is 2.06 bits per heavy atom. The molecule has 0 aliphatic carbocycles. The van der Waals surface area contributed by atoms with Gasteiger partial charge in [0.1, 0.15) is 5.58 Å². The summed E-state index contributed by atoms with van der Waals surface area (Å²) in [4.78, 5) is 13.5. The number of rotatable bonds is 3. The van der Waals surface area contributed by atoms with E-state index < -0.39 is 0 Å². The van der Waals surface area contributed by atoms with Gasteiger partial charge in [0.25, 0.3) is 0 Å². The fraction of sp³-hybridized carbons (Fsp3) is 0.0714. The quantitative estimate of drug-likeness (QED) is 0.734. The van der Waals surface area contributed by atoms with E-state index in [0.717, 1.165) is 10.3 Å². The van der Waals surface area contributed by atoms with Crippen molar-refractivity contribution in [1.29, 1.82) is 0 Å². The van der Waals surface area contributed by atoms with Gasteiger partial charge in [-0.25, -0.2) is 0 Å². The van der Waals surface area contributed by atoms with Crippen LogP contribution in [0.3, 0.4) is 0 Å². The first-order valence-electron chi connectivity index (χ1n) is 5.51. The van der Waals surface area contributed by atoms with E-state index >= 15 is 0 Å². The molecule has 0 bridgehead atoms. The molecule has 90 valence electrons. The van der Waals surface area contributed by atoms with Gasteiger partial charge >= 0.3 is 0 Å². The van der Waals surface area contributed by atoms with E-state index in [-0.39, 0.29) is 12.4 Å². The maximum absolute atomic E-state index is 12.2. The summed E-state index contributed by atoms with van der Waals surface area (Å²) in [6.45, 7) is -0.0436. The van der Waals surface area contributed by atoms with Crippen molar-refractivity contribution in [3.63, 3.8) is 0 Å². The third-order valence-electron chi connectivity index (χ3n) is 2.69. The summed E-state index contributed by atoms with van der Waals surface area (Å²) in [6, 6.07) is 12.7. The van der Waals surface area contributed by atoms with Crippen molar-refractivity contribution in [2.75, 3.05) is 0 Å². The van der Waals surface area contributed by atoms with Crippen molar-refractivity contribution in [1.82, 2.24) is 0 Å². The average molecular weight is 258 g/mol. The summed E-state index contributed by atoms with van der Waals surface area (Å²) < 4.78 is 5.52. The zero-order valence-corrected chi connectivity index (χ0v) is 10.2. The van der Waals surface area contributed by atoms with Crippen LogP contribution >= 0.6 is 11.3 Å². The van der Waals surface area contributed by atoms with Crippen molar-refractivity contribution in [3.8, 4) is 0 Å². The zero-order chi connectivity index (χ0) is 12.5. The Kier molecular flexibility index (Phi) is 2.74. The standard InChI is InChI=1S/C14H10O3S/c15-8-10-5-6-13(18-10)14(16)12-7-9-3-1-2-4-11(9)17-12/h1-7,15H,8H2. The van der Waals surface area contributed by atoms with E-state index in [0.29, 0.717) is 16.2 Å². The van der Waals surface area contributed by atoms with E-state index in [1.165, 1.54) is 11.3 Å². The van der Waals surface area contributed by atoms with Crippen molar-refractivity contribution < 1.29 is 14.3 Å². The minimum atomic E-state index is -0.143. The van der Waals surface area contributed by atoms with Crippen LogP contribution in [-0.4, -0.2) is 10.9 Å². The minimum absolute atomic E-state index is 0.0436. The van der Waals surface area contributed by atoms with Gasteiger partial charge in [0.2, 0.25) is 5.78 Å². The lowest BCUT2D eigenvalue weighted by atomic mass is 10.2. The van der Waals surface area contributed by atoms with Gasteiger partial charge < -0.3 is 9.52 Å². The molecule has 0 unspecified atom stereocenters. The summed E-state index contributed by atoms with van der Waals surface area (Å²) >= 11 is 1.29. The van der Waals surface area contributed by atoms with Gasteiger partial charge in [0.15, 0.2) is 5.76 Å². The number of ketones is 1. The molecular formula is C14H10O3S. The smallest absolute Gasteiger partial charge is 0.238 e. The highest BCUT2D eigenvalue weighted by molar-refractivity contribution is 7.14. The molecule has 0 atom stereocenters. The maximum atomic E-state index is 12.2. The lowest BCUT2D eigenvalue weighted by Gasteiger charge is -1.91. The summed E-state index contributed by atoms with van der Waals surface area (Å²) in [5.41, 5.74) is 0.708. The van der Waals surface area contributed by atoms with Crippen LogP contribution in [0.2, 0.25) is 0 Å². The number of benzene rings is 1. The second kappa shape index (κ2) is 4.40. The number of carbonyl (C=O) groups excluding carboxylic acids is 1. The van der Waals surface area contributed by atoms with Crippen LogP contribution in [-0.2, 0) is 6.61 Å². The number of para-hydroxylation sites is 1. The Morgan fingerprint density at radius 1 is 1.22 bits per heavy atom. The van der Waals surface area contributed by atoms with Crippen LogP contribution in [0.15, 0.2) is 46.9 Å². The first-order valence-corrected chi connectivity index (χ1v) is 6.32. The molecule has 3 aromatic rings. The van der Waals surface area contributed by atoms with Crippen molar-refractivity contribution >= 4 is 28.1 Å². The number of hydrogen-bond donors (Lipinski definition) is 1. The van der Waals surface area contributed by atoms with Crippen LogP contribution in [0.5, 0.6) is 0 Å². The Balaban J connectivity index is 2.00. The summed E-state index contributed by atoms with van der Waals surface area (Å²) in [6.07, 6.45) is 0. The van der Waals surface area contributed by atoms with Gasteiger partial charge in [-0.15, -0.1) is 11.3 Å². The van der Waals surface area contributed by atoms with Gasteiger partial charge in [-0.3, -0.25) is 4.79 Å². The third-order valence-corrected chi connectivity index (χ3v) is 3.76. The molecule has 4 heteroatoms. The van der Waals surface area contributed by atoms with E-state index in [4.69, 9.17) is 9.52 Å². The van der Waals surface area contributed by atoms with Gasteiger partial charge in [0.05, 0.1) is 11.5 Å². The summed E-state index contributed by atoms with van der Waals surface area (Å²) in [5.74, 6) is 0.193. The molecule has 2 heterocycles. The first kappa shape index (κ1) is 11.2. The largest absolute Gasteiger partial charge is 0.453 e. The topological polar surface area (TPSA) is 50.4 Å². The highest BCUT2D eigenvalue weighted by Crippen LogP contribution is 2.24. The Labute approximate surface area is 107 Å². The normalized spacial score (nSPS) is 10.9. The maximum Gasteiger partial charge on any atom is 0.238 e. The lowest BCUT2D eigenvalue weighted by molar-refractivity contribution is 0.101. The van der Waals surface area contributed by atoms with Crippen LogP contribution in [0.25, 0.3) is 11.0 Å². The highest BCUT2D eigenvalue weighted by atomic mass is 32.1. The number of aliphatic hydroxyl groups excluding tert-OH is 1. The van der Waals surface area contributed by atoms with Crippen molar-refractivity contribution in [3.05, 3.63) is 58.0 Å². The van der Waals surface area contributed by atoms with Crippen LogP contribution in [0.1, 0.15) is 20.3 Å².